The number of alkyl halides is 5. The molecule has 19 heavy (non-hydrogen) atoms. The summed E-state index contributed by atoms with van der Waals surface area (Å²) in [5, 5.41) is 9.34. The maximum Gasteiger partial charge on any atom is 0.456 e. The molecule has 1 aromatic carbocycles. The molecule has 0 amide bonds. The lowest BCUT2D eigenvalue weighted by Gasteiger charge is -2.26. The van der Waals surface area contributed by atoms with Gasteiger partial charge in [-0.2, -0.15) is 22.0 Å². The number of aryl methyl sites for hydroxylation is 1. The molecule has 0 heterocycles. The number of ether oxygens (including phenoxy) is 1. The number of benzene rings is 1. The Morgan fingerprint density at radius 2 is 1.74 bits per heavy atom. The van der Waals surface area contributed by atoms with E-state index < -0.39 is 23.8 Å². The van der Waals surface area contributed by atoms with Crippen molar-refractivity contribution in [3.63, 3.8) is 0 Å². The Morgan fingerprint density at radius 1 is 1.21 bits per heavy atom. The Balaban J connectivity index is 3.34. The van der Waals surface area contributed by atoms with Crippen molar-refractivity contribution in [3.05, 3.63) is 27.7 Å². The monoisotopic (exact) mass is 348 g/mol. The molecule has 0 saturated heterocycles. The minimum atomic E-state index is -5.85. The average molecular weight is 349 g/mol. The second-order valence-corrected chi connectivity index (χ2v) is 4.72. The van der Waals surface area contributed by atoms with Crippen LogP contribution in [0, 0.1) is 6.92 Å². The number of hydrogen-bond acceptors (Lipinski definition) is 2. The minimum Gasteiger partial charge on any atom is -0.496 e. The molecule has 1 N–H and O–H groups in total. The quantitative estimate of drug-likeness (QED) is 0.836. The fraction of sp³-hybridized carbons (Fsp3) is 0.455. The second kappa shape index (κ2) is 5.24. The first-order chi connectivity index (χ1) is 8.52. The van der Waals surface area contributed by atoms with Crippen LogP contribution in [-0.4, -0.2) is 24.3 Å². The van der Waals surface area contributed by atoms with Crippen LogP contribution in [0.1, 0.15) is 17.2 Å². The van der Waals surface area contributed by atoms with Crippen molar-refractivity contribution in [3.8, 4) is 5.75 Å². The lowest BCUT2D eigenvalue weighted by atomic mass is 10.0. The van der Waals surface area contributed by atoms with Crippen LogP contribution >= 0.6 is 15.9 Å². The van der Waals surface area contributed by atoms with Gasteiger partial charge in [-0.25, -0.2) is 0 Å². The normalized spacial score (nSPS) is 14.4. The van der Waals surface area contributed by atoms with Crippen LogP contribution in [0.2, 0.25) is 0 Å². The standard InChI is InChI=1S/C11H10BrF5O2/c1-5-3-8(19-2)6(4-7(5)12)9(18)10(13,14)11(15,16)17/h3-4,9,18H,1-2H3. The van der Waals surface area contributed by atoms with Crippen LogP contribution in [0.5, 0.6) is 5.75 Å². The first-order valence-electron chi connectivity index (χ1n) is 4.99. The third-order valence-corrected chi connectivity index (χ3v) is 3.38. The van der Waals surface area contributed by atoms with Crippen molar-refractivity contribution in [1.29, 1.82) is 0 Å². The SMILES string of the molecule is COc1cc(C)c(Br)cc1C(O)C(F)(F)C(F)(F)F. The van der Waals surface area contributed by atoms with E-state index in [9.17, 15) is 27.1 Å². The summed E-state index contributed by atoms with van der Waals surface area (Å²) in [5.41, 5.74) is -0.0644. The lowest BCUT2D eigenvalue weighted by molar-refractivity contribution is -0.315. The topological polar surface area (TPSA) is 29.5 Å². The van der Waals surface area contributed by atoms with Crippen LogP contribution in [0.25, 0.3) is 0 Å². The molecule has 1 unspecified atom stereocenters. The zero-order valence-corrected chi connectivity index (χ0v) is 11.4. The third-order valence-electron chi connectivity index (χ3n) is 2.53. The maximum atomic E-state index is 13.1. The Labute approximate surface area is 114 Å². The molecule has 1 rings (SSSR count). The van der Waals surface area contributed by atoms with Crippen molar-refractivity contribution in [2.75, 3.05) is 7.11 Å². The number of halogens is 6. The number of rotatable bonds is 3. The van der Waals surface area contributed by atoms with Crippen molar-refractivity contribution in [2.45, 2.75) is 25.1 Å². The Hall–Kier alpha value is -0.890. The summed E-state index contributed by atoms with van der Waals surface area (Å²) in [6.07, 6.45) is -8.89. The van der Waals surface area contributed by atoms with Crippen LogP contribution in [0.15, 0.2) is 16.6 Å². The van der Waals surface area contributed by atoms with Gasteiger partial charge < -0.3 is 9.84 Å². The molecule has 0 radical (unpaired) electrons. The summed E-state index contributed by atoms with van der Waals surface area (Å²) in [6.45, 7) is 1.60. The number of aliphatic hydroxyl groups is 1. The Morgan fingerprint density at radius 3 is 2.16 bits per heavy atom. The minimum absolute atomic E-state index is 0.239. The van der Waals surface area contributed by atoms with E-state index in [2.05, 4.69) is 15.9 Å². The maximum absolute atomic E-state index is 13.1. The van der Waals surface area contributed by atoms with E-state index in [0.717, 1.165) is 13.2 Å². The van der Waals surface area contributed by atoms with Crippen molar-refractivity contribution in [2.24, 2.45) is 0 Å². The van der Waals surface area contributed by atoms with Gasteiger partial charge in [-0.1, -0.05) is 15.9 Å². The molecular weight excluding hydrogens is 339 g/mol. The molecule has 0 aromatic heterocycles. The van der Waals surface area contributed by atoms with Gasteiger partial charge in [0.25, 0.3) is 0 Å². The molecule has 8 heteroatoms. The Bertz CT molecular complexity index is 473. The molecule has 2 nitrogen and oxygen atoms in total. The van der Waals surface area contributed by atoms with Crippen LogP contribution < -0.4 is 4.74 Å². The average Bonchev–Trinajstić information content (AvgIpc) is 2.29. The van der Waals surface area contributed by atoms with E-state index in [1.165, 1.54) is 6.07 Å². The first-order valence-corrected chi connectivity index (χ1v) is 5.78. The fourth-order valence-corrected chi connectivity index (χ4v) is 1.77. The molecule has 0 aliphatic carbocycles. The van der Waals surface area contributed by atoms with Crippen molar-refractivity contribution in [1.82, 2.24) is 0 Å². The van der Waals surface area contributed by atoms with Gasteiger partial charge in [-0.05, 0) is 24.6 Å². The van der Waals surface area contributed by atoms with E-state index in [0.29, 0.717) is 10.0 Å². The summed E-state index contributed by atoms with van der Waals surface area (Å²) < 4.78 is 67.9. The van der Waals surface area contributed by atoms with Gasteiger partial charge in [0, 0.05) is 10.0 Å². The highest BCUT2D eigenvalue weighted by atomic mass is 79.9. The van der Waals surface area contributed by atoms with Gasteiger partial charge in [0.05, 0.1) is 7.11 Å². The highest BCUT2D eigenvalue weighted by Gasteiger charge is 2.63. The van der Waals surface area contributed by atoms with Gasteiger partial charge in [-0.3, -0.25) is 0 Å². The van der Waals surface area contributed by atoms with Crippen molar-refractivity contribution >= 4 is 15.9 Å². The molecule has 1 atom stereocenters. The summed E-state index contributed by atoms with van der Waals surface area (Å²) in [6, 6.07) is 2.24. The second-order valence-electron chi connectivity index (χ2n) is 3.87. The van der Waals surface area contributed by atoms with E-state index >= 15 is 0 Å². The number of methoxy groups -OCH3 is 1. The highest BCUT2D eigenvalue weighted by molar-refractivity contribution is 9.10. The summed E-state index contributed by atoms with van der Waals surface area (Å²) in [7, 11) is 1.12. The first kappa shape index (κ1) is 16.2. The lowest BCUT2D eigenvalue weighted by Crippen LogP contribution is -2.42. The van der Waals surface area contributed by atoms with Crippen LogP contribution in [0.4, 0.5) is 22.0 Å². The van der Waals surface area contributed by atoms with Gasteiger partial charge in [0.1, 0.15) is 5.75 Å². The van der Waals surface area contributed by atoms with Gasteiger partial charge in [0.15, 0.2) is 6.10 Å². The number of aliphatic hydroxyl groups excluding tert-OH is 1. The smallest absolute Gasteiger partial charge is 0.456 e. The highest BCUT2D eigenvalue weighted by Crippen LogP contribution is 2.47. The third kappa shape index (κ3) is 3.00. The molecule has 1 aromatic rings. The predicted octanol–water partition coefficient (Wildman–Crippen LogP) is 4.00. The zero-order valence-electron chi connectivity index (χ0n) is 9.86. The molecule has 0 bridgehead atoms. The molecule has 0 saturated carbocycles. The molecule has 0 spiro atoms. The number of hydrogen-bond donors (Lipinski definition) is 1. The molecule has 0 aliphatic heterocycles. The van der Waals surface area contributed by atoms with E-state index in [1.54, 1.807) is 6.92 Å². The largest absolute Gasteiger partial charge is 0.496 e. The van der Waals surface area contributed by atoms with Gasteiger partial charge >= 0.3 is 12.1 Å². The summed E-state index contributed by atoms with van der Waals surface area (Å²) in [5.74, 6) is -5.51. The van der Waals surface area contributed by atoms with Gasteiger partial charge in [0.2, 0.25) is 0 Å². The molecule has 108 valence electrons. The predicted molar refractivity (Wildman–Crippen MR) is 61.4 cm³/mol. The summed E-state index contributed by atoms with van der Waals surface area (Å²) >= 11 is 3.00. The van der Waals surface area contributed by atoms with E-state index in [1.807, 2.05) is 0 Å². The molecule has 0 aliphatic rings. The van der Waals surface area contributed by atoms with Crippen LogP contribution in [0.3, 0.4) is 0 Å². The van der Waals surface area contributed by atoms with Crippen molar-refractivity contribution < 1.29 is 31.8 Å². The molecule has 0 fully saturated rings. The molecular formula is C11H10BrF5O2. The van der Waals surface area contributed by atoms with E-state index in [-0.39, 0.29) is 5.75 Å². The fourth-order valence-electron chi connectivity index (χ4n) is 1.41. The van der Waals surface area contributed by atoms with Crippen LogP contribution in [-0.2, 0) is 0 Å². The Kier molecular flexibility index (Phi) is 4.46. The van der Waals surface area contributed by atoms with E-state index in [4.69, 9.17) is 4.74 Å². The van der Waals surface area contributed by atoms with Gasteiger partial charge in [-0.15, -0.1) is 0 Å². The zero-order chi connectivity index (χ0) is 15.0. The summed E-state index contributed by atoms with van der Waals surface area (Å²) in [4.78, 5) is 0.